The number of rotatable bonds is 4. The van der Waals surface area contributed by atoms with Gasteiger partial charge in [0.25, 0.3) is 0 Å². The van der Waals surface area contributed by atoms with E-state index in [0.717, 1.165) is 5.69 Å². The Balaban J connectivity index is 2.13. The molecule has 18 heavy (non-hydrogen) atoms. The van der Waals surface area contributed by atoms with Crippen molar-refractivity contribution in [2.45, 2.75) is 19.3 Å². The maximum atomic E-state index is 12.0. The second-order valence-corrected chi connectivity index (χ2v) is 4.23. The topological polar surface area (TPSA) is 69.6 Å². The van der Waals surface area contributed by atoms with E-state index in [9.17, 15) is 9.59 Å². The Bertz CT molecular complexity index is 459. The smallest absolute Gasteiger partial charge is 0.244 e. The minimum absolute atomic E-state index is 0.0645. The van der Waals surface area contributed by atoms with Crippen molar-refractivity contribution in [3.8, 4) is 0 Å². The quantitative estimate of drug-likeness (QED) is 0.785. The summed E-state index contributed by atoms with van der Waals surface area (Å²) in [6, 6.07) is 7.25. The van der Waals surface area contributed by atoms with E-state index in [-0.39, 0.29) is 25.0 Å². The van der Waals surface area contributed by atoms with Crippen LogP contribution in [0.3, 0.4) is 0 Å². The first-order valence-electron chi connectivity index (χ1n) is 6.02. The molecule has 1 aromatic rings. The largest absolute Gasteiger partial charge is 0.396 e. The predicted octanol–water partition coefficient (Wildman–Crippen LogP) is 1.13. The van der Waals surface area contributed by atoms with Crippen LogP contribution in [0, 0.1) is 0 Å². The van der Waals surface area contributed by atoms with Crippen LogP contribution in [0.4, 0.5) is 11.4 Å². The zero-order valence-corrected chi connectivity index (χ0v) is 10.1. The van der Waals surface area contributed by atoms with Crippen LogP contribution in [0.25, 0.3) is 0 Å². The van der Waals surface area contributed by atoms with Gasteiger partial charge < -0.3 is 15.3 Å². The molecule has 1 aliphatic rings. The number of fused-ring (bicyclic) bond motifs is 1. The van der Waals surface area contributed by atoms with Gasteiger partial charge >= 0.3 is 0 Å². The van der Waals surface area contributed by atoms with Crippen molar-refractivity contribution in [2.75, 3.05) is 23.4 Å². The number of carbonyl (C=O) groups excluding carboxylic acids is 2. The van der Waals surface area contributed by atoms with Gasteiger partial charge in [-0.25, -0.2) is 0 Å². The molecule has 2 N–H and O–H groups in total. The van der Waals surface area contributed by atoms with Gasteiger partial charge in [0.2, 0.25) is 11.8 Å². The summed E-state index contributed by atoms with van der Waals surface area (Å²) in [6.45, 7) is 0.152. The van der Waals surface area contributed by atoms with Gasteiger partial charge in [0.05, 0.1) is 11.4 Å². The molecule has 0 aromatic heterocycles. The number of para-hydroxylation sites is 2. The van der Waals surface area contributed by atoms with Gasteiger partial charge in [-0.1, -0.05) is 12.1 Å². The molecule has 0 saturated carbocycles. The molecule has 5 nitrogen and oxygen atoms in total. The first-order chi connectivity index (χ1) is 8.72. The number of carbonyl (C=O) groups is 2. The highest BCUT2D eigenvalue weighted by molar-refractivity contribution is 6.09. The molecule has 1 aliphatic heterocycles. The highest BCUT2D eigenvalue weighted by Crippen LogP contribution is 2.29. The number of benzene rings is 1. The Kier molecular flexibility index (Phi) is 3.94. The Morgan fingerprint density at radius 1 is 1.33 bits per heavy atom. The molecule has 0 radical (unpaired) electrons. The number of unbranched alkanes of at least 4 members (excludes halogenated alkanes) is 1. The van der Waals surface area contributed by atoms with Gasteiger partial charge in [-0.3, -0.25) is 9.59 Å². The zero-order chi connectivity index (χ0) is 13.0. The Morgan fingerprint density at radius 3 is 2.89 bits per heavy atom. The van der Waals surface area contributed by atoms with Gasteiger partial charge in [0, 0.05) is 13.0 Å². The van der Waals surface area contributed by atoms with Crippen molar-refractivity contribution in [2.24, 2.45) is 0 Å². The van der Waals surface area contributed by atoms with E-state index in [1.165, 1.54) is 4.90 Å². The molecule has 0 atom stereocenters. The van der Waals surface area contributed by atoms with Crippen molar-refractivity contribution in [1.29, 1.82) is 0 Å². The minimum atomic E-state index is -0.177. The second-order valence-electron chi connectivity index (χ2n) is 4.23. The predicted molar refractivity (Wildman–Crippen MR) is 68.4 cm³/mol. The van der Waals surface area contributed by atoms with Crippen LogP contribution in [0.2, 0.25) is 0 Å². The lowest BCUT2D eigenvalue weighted by molar-refractivity contribution is -0.122. The molecular weight excluding hydrogens is 232 g/mol. The third-order valence-corrected chi connectivity index (χ3v) is 2.87. The van der Waals surface area contributed by atoms with Crippen molar-refractivity contribution >= 4 is 23.2 Å². The van der Waals surface area contributed by atoms with Crippen LogP contribution in [-0.2, 0) is 9.59 Å². The highest BCUT2D eigenvalue weighted by atomic mass is 16.3. The molecule has 0 fully saturated rings. The van der Waals surface area contributed by atoms with Gasteiger partial charge in [0.1, 0.15) is 6.54 Å². The first kappa shape index (κ1) is 12.6. The molecule has 1 heterocycles. The molecule has 5 heteroatoms. The number of nitrogens with one attached hydrogen (secondary N) is 1. The normalized spacial score (nSPS) is 14.1. The summed E-state index contributed by atoms with van der Waals surface area (Å²) in [4.78, 5) is 25.1. The molecular formula is C13H16N2O3. The second kappa shape index (κ2) is 5.64. The molecule has 2 rings (SSSR count). The van der Waals surface area contributed by atoms with Gasteiger partial charge in [-0.15, -0.1) is 0 Å². The fraction of sp³-hybridized carbons (Fsp3) is 0.385. The van der Waals surface area contributed by atoms with E-state index in [1.54, 1.807) is 6.07 Å². The molecule has 0 bridgehead atoms. The summed E-state index contributed by atoms with van der Waals surface area (Å²) in [5.74, 6) is -0.255. The SMILES string of the molecule is O=C1CN(C(=O)CCCCO)c2ccccc2N1. The maximum Gasteiger partial charge on any atom is 0.244 e. The Labute approximate surface area is 105 Å². The lowest BCUT2D eigenvalue weighted by Gasteiger charge is -2.29. The lowest BCUT2D eigenvalue weighted by Crippen LogP contribution is -2.42. The van der Waals surface area contributed by atoms with Crippen LogP contribution in [-0.4, -0.2) is 30.1 Å². The summed E-state index contributed by atoms with van der Waals surface area (Å²) in [6.07, 6.45) is 1.59. The number of anilines is 2. The van der Waals surface area contributed by atoms with Crippen LogP contribution in [0.15, 0.2) is 24.3 Å². The molecule has 2 amide bonds. The fourth-order valence-corrected chi connectivity index (χ4v) is 1.98. The first-order valence-corrected chi connectivity index (χ1v) is 6.02. The van der Waals surface area contributed by atoms with E-state index < -0.39 is 0 Å². The van der Waals surface area contributed by atoms with Crippen molar-refractivity contribution < 1.29 is 14.7 Å². The van der Waals surface area contributed by atoms with Crippen molar-refractivity contribution in [3.05, 3.63) is 24.3 Å². The molecule has 0 spiro atoms. The Hall–Kier alpha value is -1.88. The third kappa shape index (κ3) is 2.68. The van der Waals surface area contributed by atoms with E-state index >= 15 is 0 Å². The number of nitrogens with zero attached hydrogens (tertiary/aromatic N) is 1. The fourth-order valence-electron chi connectivity index (χ4n) is 1.98. The van der Waals surface area contributed by atoms with Crippen LogP contribution in [0.1, 0.15) is 19.3 Å². The molecule has 0 unspecified atom stereocenters. The third-order valence-electron chi connectivity index (χ3n) is 2.87. The zero-order valence-electron chi connectivity index (χ0n) is 10.1. The standard InChI is InChI=1S/C13H16N2O3/c16-8-4-3-7-13(18)15-9-12(17)14-10-5-1-2-6-11(10)15/h1-2,5-6,16H,3-4,7-9H2,(H,14,17). The average Bonchev–Trinajstić information content (AvgIpc) is 2.38. The summed E-state index contributed by atoms with van der Waals surface area (Å²) < 4.78 is 0. The van der Waals surface area contributed by atoms with Crippen LogP contribution >= 0.6 is 0 Å². The Morgan fingerprint density at radius 2 is 2.11 bits per heavy atom. The summed E-state index contributed by atoms with van der Waals surface area (Å²) in [5, 5.41) is 11.4. The van der Waals surface area contributed by atoms with Gasteiger partial charge in [-0.2, -0.15) is 0 Å². The minimum Gasteiger partial charge on any atom is -0.396 e. The summed E-state index contributed by atoms with van der Waals surface area (Å²) in [5.41, 5.74) is 1.41. The highest BCUT2D eigenvalue weighted by Gasteiger charge is 2.25. The average molecular weight is 248 g/mol. The van der Waals surface area contributed by atoms with Crippen molar-refractivity contribution in [3.63, 3.8) is 0 Å². The van der Waals surface area contributed by atoms with Crippen LogP contribution in [0.5, 0.6) is 0 Å². The summed E-state index contributed by atoms with van der Waals surface area (Å²) in [7, 11) is 0. The van der Waals surface area contributed by atoms with Crippen LogP contribution < -0.4 is 10.2 Å². The summed E-state index contributed by atoms with van der Waals surface area (Å²) >= 11 is 0. The number of aliphatic hydroxyl groups excluding tert-OH is 1. The van der Waals surface area contributed by atoms with E-state index in [1.807, 2.05) is 18.2 Å². The number of aliphatic hydroxyl groups is 1. The number of hydrogen-bond donors (Lipinski definition) is 2. The molecule has 1 aromatic carbocycles. The van der Waals surface area contributed by atoms with E-state index in [0.29, 0.717) is 24.9 Å². The monoisotopic (exact) mass is 248 g/mol. The molecule has 96 valence electrons. The molecule has 0 saturated heterocycles. The number of hydrogen-bond acceptors (Lipinski definition) is 3. The van der Waals surface area contributed by atoms with E-state index in [4.69, 9.17) is 5.11 Å². The number of amides is 2. The van der Waals surface area contributed by atoms with Gasteiger partial charge in [0.15, 0.2) is 0 Å². The van der Waals surface area contributed by atoms with E-state index in [2.05, 4.69) is 5.32 Å². The maximum absolute atomic E-state index is 12.0. The van der Waals surface area contributed by atoms with Gasteiger partial charge in [-0.05, 0) is 25.0 Å². The molecule has 0 aliphatic carbocycles. The lowest BCUT2D eigenvalue weighted by atomic mass is 10.1. The van der Waals surface area contributed by atoms with Crippen molar-refractivity contribution in [1.82, 2.24) is 0 Å².